The predicted molar refractivity (Wildman–Crippen MR) is 142 cm³/mol. The summed E-state index contributed by atoms with van der Waals surface area (Å²) in [7, 11) is 1.28. The van der Waals surface area contributed by atoms with Gasteiger partial charge in [0.05, 0.1) is 18.1 Å². The van der Waals surface area contributed by atoms with Gasteiger partial charge in [-0.2, -0.15) is 0 Å². The van der Waals surface area contributed by atoms with E-state index in [1.165, 1.54) is 24.7 Å². The number of ether oxygens (including phenoxy) is 2. The molecule has 2 aromatic heterocycles. The molecule has 0 saturated heterocycles. The maximum atomic E-state index is 13.2. The Labute approximate surface area is 218 Å². The zero-order valence-electron chi connectivity index (χ0n) is 21.1. The van der Waals surface area contributed by atoms with Crippen LogP contribution in [0.25, 0.3) is 21.5 Å². The van der Waals surface area contributed by atoms with Crippen LogP contribution in [0.3, 0.4) is 0 Å². The smallest absolute Gasteiger partial charge is 0.328 e. The molecule has 4 aromatic rings. The van der Waals surface area contributed by atoms with E-state index in [0.717, 1.165) is 16.8 Å². The number of methoxy groups -OCH3 is 1. The van der Waals surface area contributed by atoms with Gasteiger partial charge >= 0.3 is 5.97 Å². The lowest BCUT2D eigenvalue weighted by molar-refractivity contribution is -0.145. The van der Waals surface area contributed by atoms with Crippen molar-refractivity contribution in [3.05, 3.63) is 81.2 Å². The monoisotopic (exact) mass is 520 g/mol. The summed E-state index contributed by atoms with van der Waals surface area (Å²) < 4.78 is 16.6. The van der Waals surface area contributed by atoms with Crippen LogP contribution in [0.4, 0.5) is 0 Å². The van der Waals surface area contributed by atoms with Gasteiger partial charge in [0.1, 0.15) is 28.6 Å². The Hall–Kier alpha value is -3.98. The molecule has 37 heavy (non-hydrogen) atoms. The van der Waals surface area contributed by atoms with Crippen molar-refractivity contribution in [2.24, 2.45) is 0 Å². The summed E-state index contributed by atoms with van der Waals surface area (Å²) in [5, 5.41) is 5.63. The van der Waals surface area contributed by atoms with Crippen molar-refractivity contribution in [2.75, 3.05) is 7.11 Å². The number of thiazole rings is 1. The number of aromatic nitrogens is 1. The van der Waals surface area contributed by atoms with E-state index in [2.05, 4.69) is 10.3 Å². The molecule has 8 nitrogen and oxygen atoms in total. The number of nitrogens with one attached hydrogen (secondary N) is 1. The zero-order valence-corrected chi connectivity index (χ0v) is 21.9. The van der Waals surface area contributed by atoms with E-state index >= 15 is 0 Å². The standard InChI is InChI=1S/C28H28N2O6S/c1-5-19-12-20-24(35-14-21(25(20)31)27-29-16(2)15-37-27)13-23(19)36-17(3)26(32)30-22(28(33)34-4)11-18-9-7-6-8-10-18/h6-10,12-15,17,22H,5,11H2,1-4H3,(H,30,32)/t17-,22+/m0/s1. The number of carbonyl (C=O) groups excluding carboxylic acids is 2. The number of amides is 1. The average molecular weight is 521 g/mol. The second-order valence-electron chi connectivity index (χ2n) is 8.62. The molecule has 0 spiro atoms. The van der Waals surface area contributed by atoms with Crippen molar-refractivity contribution >= 4 is 34.2 Å². The molecule has 192 valence electrons. The van der Waals surface area contributed by atoms with E-state index in [4.69, 9.17) is 13.9 Å². The van der Waals surface area contributed by atoms with Crippen molar-refractivity contribution in [1.29, 1.82) is 0 Å². The third-order valence-corrected chi connectivity index (χ3v) is 6.94. The molecule has 2 atom stereocenters. The first kappa shape index (κ1) is 26.1. The lowest BCUT2D eigenvalue weighted by Crippen LogP contribution is -2.47. The number of hydrogen-bond acceptors (Lipinski definition) is 8. The van der Waals surface area contributed by atoms with Crippen molar-refractivity contribution in [3.63, 3.8) is 0 Å². The van der Waals surface area contributed by atoms with Crippen LogP contribution in [0.1, 0.15) is 30.7 Å². The number of aryl methyl sites for hydroxylation is 2. The number of hydrogen-bond donors (Lipinski definition) is 1. The fourth-order valence-electron chi connectivity index (χ4n) is 3.93. The second kappa shape index (κ2) is 11.4. The van der Waals surface area contributed by atoms with Crippen LogP contribution in [0.2, 0.25) is 0 Å². The highest BCUT2D eigenvalue weighted by Crippen LogP contribution is 2.29. The Bertz CT molecular complexity index is 1480. The van der Waals surface area contributed by atoms with Crippen LogP contribution in [0.5, 0.6) is 5.75 Å². The van der Waals surface area contributed by atoms with Gasteiger partial charge in [-0.1, -0.05) is 37.3 Å². The van der Waals surface area contributed by atoms with E-state index < -0.39 is 24.0 Å². The van der Waals surface area contributed by atoms with Gasteiger partial charge in [0.15, 0.2) is 6.10 Å². The van der Waals surface area contributed by atoms with Crippen molar-refractivity contribution < 1.29 is 23.5 Å². The normalized spacial score (nSPS) is 12.6. The SMILES string of the molecule is CCc1cc2c(=O)c(-c3nc(C)cs3)coc2cc1O[C@@H](C)C(=O)N[C@H](Cc1ccccc1)C(=O)OC. The number of esters is 1. The molecule has 0 radical (unpaired) electrons. The zero-order chi connectivity index (χ0) is 26.5. The molecule has 0 bridgehead atoms. The van der Waals surface area contributed by atoms with Crippen molar-refractivity contribution in [3.8, 4) is 16.3 Å². The first-order valence-electron chi connectivity index (χ1n) is 11.9. The number of fused-ring (bicyclic) bond motifs is 1. The lowest BCUT2D eigenvalue weighted by atomic mass is 10.1. The highest BCUT2D eigenvalue weighted by atomic mass is 32.1. The van der Waals surface area contributed by atoms with Gasteiger partial charge in [0, 0.05) is 23.6 Å². The highest BCUT2D eigenvalue weighted by molar-refractivity contribution is 7.13. The van der Waals surface area contributed by atoms with Crippen LogP contribution in [-0.2, 0) is 27.2 Å². The molecule has 1 N–H and O–H groups in total. The fraction of sp³-hybridized carbons (Fsp3) is 0.286. The van der Waals surface area contributed by atoms with Crippen molar-refractivity contribution in [1.82, 2.24) is 10.3 Å². The van der Waals surface area contributed by atoms with Gasteiger partial charge < -0.3 is 19.2 Å². The Morgan fingerprint density at radius 1 is 1.19 bits per heavy atom. The minimum absolute atomic E-state index is 0.176. The third kappa shape index (κ3) is 5.89. The molecule has 2 aromatic carbocycles. The maximum absolute atomic E-state index is 13.2. The number of benzene rings is 2. The van der Waals surface area contributed by atoms with E-state index in [0.29, 0.717) is 33.7 Å². The van der Waals surface area contributed by atoms with Crippen LogP contribution in [0, 0.1) is 6.92 Å². The Balaban J connectivity index is 1.55. The van der Waals surface area contributed by atoms with Crippen LogP contribution in [-0.4, -0.2) is 36.1 Å². The van der Waals surface area contributed by atoms with Crippen LogP contribution >= 0.6 is 11.3 Å². The number of rotatable bonds is 9. The van der Waals surface area contributed by atoms with E-state index in [9.17, 15) is 14.4 Å². The minimum Gasteiger partial charge on any atom is -0.480 e. The number of nitrogens with zero attached hydrogens (tertiary/aromatic N) is 1. The molecular weight excluding hydrogens is 492 g/mol. The Morgan fingerprint density at radius 3 is 2.59 bits per heavy atom. The summed E-state index contributed by atoms with van der Waals surface area (Å²) in [6, 6.07) is 11.8. The topological polar surface area (TPSA) is 108 Å². The predicted octanol–water partition coefficient (Wildman–Crippen LogP) is 4.46. The van der Waals surface area contributed by atoms with Gasteiger partial charge in [0.25, 0.3) is 5.91 Å². The van der Waals surface area contributed by atoms with Gasteiger partial charge in [0.2, 0.25) is 5.43 Å². The molecule has 0 unspecified atom stereocenters. The Morgan fingerprint density at radius 2 is 1.95 bits per heavy atom. The third-order valence-electron chi connectivity index (χ3n) is 5.94. The summed E-state index contributed by atoms with van der Waals surface area (Å²) >= 11 is 1.39. The summed E-state index contributed by atoms with van der Waals surface area (Å²) in [5.74, 6) is -0.585. The quantitative estimate of drug-likeness (QED) is 0.325. The summed E-state index contributed by atoms with van der Waals surface area (Å²) in [6.45, 7) is 5.40. The van der Waals surface area contributed by atoms with E-state index in [-0.39, 0.29) is 11.8 Å². The minimum atomic E-state index is -0.921. The summed E-state index contributed by atoms with van der Waals surface area (Å²) in [4.78, 5) is 42.8. The first-order valence-corrected chi connectivity index (χ1v) is 12.8. The molecule has 0 aliphatic rings. The molecule has 1 amide bonds. The summed E-state index contributed by atoms with van der Waals surface area (Å²) in [5.41, 5.74) is 3.05. The molecular formula is C28H28N2O6S. The average Bonchev–Trinajstić information content (AvgIpc) is 3.34. The largest absolute Gasteiger partial charge is 0.480 e. The molecule has 9 heteroatoms. The molecule has 4 rings (SSSR count). The lowest BCUT2D eigenvalue weighted by Gasteiger charge is -2.21. The number of carbonyl (C=O) groups is 2. The van der Waals surface area contributed by atoms with Crippen molar-refractivity contribution in [2.45, 2.75) is 45.8 Å². The van der Waals surface area contributed by atoms with Crippen LogP contribution < -0.4 is 15.5 Å². The molecule has 0 saturated carbocycles. The fourth-order valence-corrected chi connectivity index (χ4v) is 4.73. The van der Waals surface area contributed by atoms with E-state index in [1.54, 1.807) is 19.1 Å². The molecule has 0 aliphatic carbocycles. The van der Waals surface area contributed by atoms with Gasteiger partial charge in [-0.3, -0.25) is 9.59 Å². The van der Waals surface area contributed by atoms with Gasteiger partial charge in [-0.15, -0.1) is 11.3 Å². The maximum Gasteiger partial charge on any atom is 0.328 e. The van der Waals surface area contributed by atoms with Crippen LogP contribution in [0.15, 0.2) is 63.3 Å². The van der Waals surface area contributed by atoms with Gasteiger partial charge in [-0.25, -0.2) is 9.78 Å². The molecule has 0 fully saturated rings. The Kier molecular flexibility index (Phi) is 8.03. The van der Waals surface area contributed by atoms with E-state index in [1.807, 2.05) is 49.6 Å². The highest BCUT2D eigenvalue weighted by Gasteiger charge is 2.26. The van der Waals surface area contributed by atoms with Gasteiger partial charge in [-0.05, 0) is 37.5 Å². The summed E-state index contributed by atoms with van der Waals surface area (Å²) in [6.07, 6.45) is 1.33. The molecule has 0 aliphatic heterocycles. The second-order valence-corrected chi connectivity index (χ2v) is 9.47. The molecule has 2 heterocycles. The first-order chi connectivity index (χ1) is 17.8.